The number of para-hydroxylation sites is 2. The molecule has 4 rings (SSSR count). The van der Waals surface area contributed by atoms with Crippen LogP contribution < -0.4 is 15.4 Å². The molecule has 1 fully saturated rings. The van der Waals surface area contributed by atoms with Crippen LogP contribution in [-0.4, -0.2) is 41.6 Å². The number of rotatable bonds is 7. The molecule has 1 aliphatic rings. The van der Waals surface area contributed by atoms with Gasteiger partial charge in [-0.2, -0.15) is 0 Å². The SMILES string of the molecule is O=C(Nc1c(F)cccc1Oc1ccccc1)NC1CCN(CCc2ccncc2)CC1. The summed E-state index contributed by atoms with van der Waals surface area (Å²) in [7, 11) is 0. The molecule has 0 bridgehead atoms. The molecule has 0 saturated carbocycles. The topological polar surface area (TPSA) is 66.5 Å². The molecule has 1 aromatic heterocycles. The van der Waals surface area contributed by atoms with Crippen molar-refractivity contribution in [3.05, 3.63) is 84.4 Å². The molecular weight excluding hydrogens is 407 g/mol. The van der Waals surface area contributed by atoms with E-state index in [-0.39, 0.29) is 17.5 Å². The number of urea groups is 1. The van der Waals surface area contributed by atoms with E-state index in [1.807, 2.05) is 42.7 Å². The van der Waals surface area contributed by atoms with E-state index in [1.165, 1.54) is 11.6 Å². The molecule has 3 aromatic rings. The van der Waals surface area contributed by atoms with Crippen LogP contribution in [-0.2, 0) is 6.42 Å². The average molecular weight is 435 g/mol. The predicted octanol–water partition coefficient (Wildman–Crippen LogP) is 4.84. The van der Waals surface area contributed by atoms with Crippen LogP contribution in [0.1, 0.15) is 18.4 Å². The van der Waals surface area contributed by atoms with Crippen molar-refractivity contribution >= 4 is 11.7 Å². The van der Waals surface area contributed by atoms with Crippen molar-refractivity contribution in [2.24, 2.45) is 0 Å². The van der Waals surface area contributed by atoms with E-state index in [9.17, 15) is 9.18 Å². The third-order valence-corrected chi connectivity index (χ3v) is 5.57. The average Bonchev–Trinajstić information content (AvgIpc) is 2.82. The number of hydrogen-bond acceptors (Lipinski definition) is 4. The van der Waals surface area contributed by atoms with Gasteiger partial charge in [-0.15, -0.1) is 0 Å². The number of likely N-dealkylation sites (tertiary alicyclic amines) is 1. The molecule has 0 spiro atoms. The number of carbonyl (C=O) groups is 1. The van der Waals surface area contributed by atoms with E-state index >= 15 is 0 Å². The van der Waals surface area contributed by atoms with Crippen LogP contribution in [0.3, 0.4) is 0 Å². The largest absolute Gasteiger partial charge is 0.455 e. The van der Waals surface area contributed by atoms with Crippen LogP contribution in [0.15, 0.2) is 73.1 Å². The molecule has 0 aliphatic carbocycles. The molecule has 166 valence electrons. The Hall–Kier alpha value is -3.45. The number of nitrogens with one attached hydrogen (secondary N) is 2. The van der Waals surface area contributed by atoms with Gasteiger partial charge in [0.25, 0.3) is 0 Å². The number of hydrogen-bond donors (Lipinski definition) is 2. The maximum Gasteiger partial charge on any atom is 0.319 e. The standard InChI is InChI=1S/C25H27FN4O2/c26-22-7-4-8-23(32-21-5-2-1-3-6-21)24(22)29-25(31)28-20-12-17-30(18-13-20)16-11-19-9-14-27-15-10-19/h1-10,14-15,20H,11-13,16-18H2,(H2,28,29,31). The minimum absolute atomic E-state index is 0.0311. The number of carbonyl (C=O) groups excluding carboxylic acids is 1. The zero-order chi connectivity index (χ0) is 22.2. The van der Waals surface area contributed by atoms with Gasteiger partial charge < -0.3 is 20.3 Å². The minimum atomic E-state index is -0.542. The first-order valence-corrected chi connectivity index (χ1v) is 10.9. The van der Waals surface area contributed by atoms with Crippen molar-refractivity contribution in [3.63, 3.8) is 0 Å². The van der Waals surface area contributed by atoms with Crippen LogP contribution in [0.25, 0.3) is 0 Å². The van der Waals surface area contributed by atoms with Crippen molar-refractivity contribution in [1.29, 1.82) is 0 Å². The maximum absolute atomic E-state index is 14.4. The normalized spacial score (nSPS) is 14.7. The number of pyridine rings is 1. The molecule has 2 amide bonds. The van der Waals surface area contributed by atoms with Gasteiger partial charge in [0.05, 0.1) is 0 Å². The number of amides is 2. The van der Waals surface area contributed by atoms with Gasteiger partial charge in [0.15, 0.2) is 11.6 Å². The Morgan fingerprint density at radius 1 is 1.03 bits per heavy atom. The van der Waals surface area contributed by atoms with Crippen LogP contribution in [0, 0.1) is 5.82 Å². The molecule has 1 aliphatic heterocycles. The first-order chi connectivity index (χ1) is 15.7. The minimum Gasteiger partial charge on any atom is -0.455 e. The summed E-state index contributed by atoms with van der Waals surface area (Å²) >= 11 is 0. The van der Waals surface area contributed by atoms with E-state index in [1.54, 1.807) is 24.3 Å². The fraction of sp³-hybridized carbons (Fsp3) is 0.280. The molecule has 0 unspecified atom stereocenters. The van der Waals surface area contributed by atoms with Crippen LogP contribution in [0.5, 0.6) is 11.5 Å². The van der Waals surface area contributed by atoms with Gasteiger partial charge in [-0.25, -0.2) is 9.18 Å². The second-order valence-electron chi connectivity index (χ2n) is 7.85. The Labute approximate surface area is 187 Å². The fourth-order valence-electron chi connectivity index (χ4n) is 3.80. The number of ether oxygens (including phenoxy) is 1. The third-order valence-electron chi connectivity index (χ3n) is 5.57. The Kier molecular flexibility index (Phi) is 7.30. The van der Waals surface area contributed by atoms with E-state index in [4.69, 9.17) is 4.74 Å². The lowest BCUT2D eigenvalue weighted by atomic mass is 10.0. The molecule has 0 atom stereocenters. The van der Waals surface area contributed by atoms with Gasteiger partial charge in [0.2, 0.25) is 0 Å². The molecule has 2 heterocycles. The van der Waals surface area contributed by atoms with Gasteiger partial charge in [0.1, 0.15) is 11.4 Å². The molecule has 6 nitrogen and oxygen atoms in total. The highest BCUT2D eigenvalue weighted by Crippen LogP contribution is 2.31. The van der Waals surface area contributed by atoms with Crippen molar-refractivity contribution in [2.75, 3.05) is 25.0 Å². The van der Waals surface area contributed by atoms with Crippen LogP contribution in [0.4, 0.5) is 14.9 Å². The quantitative estimate of drug-likeness (QED) is 0.558. The van der Waals surface area contributed by atoms with E-state index in [0.717, 1.165) is 38.9 Å². The third kappa shape index (κ3) is 6.04. The molecule has 1 saturated heterocycles. The number of halogens is 1. The van der Waals surface area contributed by atoms with Gasteiger partial charge in [0, 0.05) is 38.1 Å². The Morgan fingerprint density at radius 3 is 2.53 bits per heavy atom. The first kappa shape index (κ1) is 21.8. The summed E-state index contributed by atoms with van der Waals surface area (Å²) in [6, 6.07) is 17.3. The Morgan fingerprint density at radius 2 is 1.78 bits per heavy atom. The van der Waals surface area contributed by atoms with Gasteiger partial charge in [-0.3, -0.25) is 4.98 Å². The Bertz CT molecular complexity index is 1010. The molecule has 2 N–H and O–H groups in total. The highest BCUT2D eigenvalue weighted by Gasteiger charge is 2.22. The monoisotopic (exact) mass is 434 g/mol. The zero-order valence-electron chi connectivity index (χ0n) is 17.8. The van der Waals surface area contributed by atoms with Crippen LogP contribution >= 0.6 is 0 Å². The number of benzene rings is 2. The Balaban J connectivity index is 1.27. The highest BCUT2D eigenvalue weighted by molar-refractivity contribution is 5.91. The fourth-order valence-corrected chi connectivity index (χ4v) is 3.80. The lowest BCUT2D eigenvalue weighted by Gasteiger charge is -2.32. The van der Waals surface area contributed by atoms with Gasteiger partial charge in [-0.1, -0.05) is 24.3 Å². The van der Waals surface area contributed by atoms with Crippen molar-refractivity contribution in [3.8, 4) is 11.5 Å². The summed E-state index contributed by atoms with van der Waals surface area (Å²) in [6.45, 7) is 2.81. The number of piperidine rings is 1. The summed E-state index contributed by atoms with van der Waals surface area (Å²) in [4.78, 5) is 19.0. The number of nitrogens with zero attached hydrogens (tertiary/aromatic N) is 2. The van der Waals surface area contributed by atoms with Crippen molar-refractivity contribution in [2.45, 2.75) is 25.3 Å². The maximum atomic E-state index is 14.4. The van der Waals surface area contributed by atoms with Gasteiger partial charge >= 0.3 is 6.03 Å². The molecular formula is C25H27FN4O2. The van der Waals surface area contributed by atoms with E-state index in [2.05, 4.69) is 20.5 Å². The highest BCUT2D eigenvalue weighted by atomic mass is 19.1. The summed E-state index contributed by atoms with van der Waals surface area (Å²) in [5.41, 5.74) is 1.31. The van der Waals surface area contributed by atoms with Gasteiger partial charge in [-0.05, 0) is 61.2 Å². The molecule has 32 heavy (non-hydrogen) atoms. The second kappa shape index (κ2) is 10.7. The second-order valence-corrected chi connectivity index (χ2v) is 7.85. The van der Waals surface area contributed by atoms with Crippen molar-refractivity contribution in [1.82, 2.24) is 15.2 Å². The summed E-state index contributed by atoms with van der Waals surface area (Å²) < 4.78 is 20.2. The zero-order valence-corrected chi connectivity index (χ0v) is 17.8. The lowest BCUT2D eigenvalue weighted by Crippen LogP contribution is -2.46. The smallest absolute Gasteiger partial charge is 0.319 e. The summed E-state index contributed by atoms with van der Waals surface area (Å²) in [5.74, 6) is 0.289. The summed E-state index contributed by atoms with van der Waals surface area (Å²) in [6.07, 6.45) is 6.33. The predicted molar refractivity (Wildman–Crippen MR) is 122 cm³/mol. The van der Waals surface area contributed by atoms with Crippen molar-refractivity contribution < 1.29 is 13.9 Å². The number of aromatic nitrogens is 1. The first-order valence-electron chi connectivity index (χ1n) is 10.9. The van der Waals surface area contributed by atoms with Crippen LogP contribution in [0.2, 0.25) is 0 Å². The van der Waals surface area contributed by atoms with E-state index < -0.39 is 11.8 Å². The molecule has 7 heteroatoms. The molecule has 0 radical (unpaired) electrons. The number of anilines is 1. The van der Waals surface area contributed by atoms with E-state index in [0.29, 0.717) is 5.75 Å². The molecule has 2 aromatic carbocycles. The summed E-state index contributed by atoms with van der Waals surface area (Å²) in [5, 5.41) is 5.61. The lowest BCUT2D eigenvalue weighted by molar-refractivity contribution is 0.197.